The highest BCUT2D eigenvalue weighted by molar-refractivity contribution is 5.72. The molecule has 0 aromatic carbocycles. The summed E-state index contributed by atoms with van der Waals surface area (Å²) in [6.45, 7) is 6.17. The Morgan fingerprint density at radius 3 is 2.50 bits per heavy atom. The van der Waals surface area contributed by atoms with Gasteiger partial charge in [-0.2, -0.15) is 0 Å². The van der Waals surface area contributed by atoms with Crippen LogP contribution in [-0.4, -0.2) is 17.1 Å². The maximum Gasteiger partial charge on any atom is 0.310 e. The topological polar surface area (TPSA) is 39.2 Å². The highest BCUT2D eigenvalue weighted by Crippen LogP contribution is 2.09. The molecule has 16 heavy (non-hydrogen) atoms. The number of hydrogen-bond acceptors (Lipinski definition) is 3. The number of ether oxygens (including phenoxy) is 1. The van der Waals surface area contributed by atoms with E-state index in [1.165, 1.54) is 0 Å². The van der Waals surface area contributed by atoms with Gasteiger partial charge < -0.3 is 4.74 Å². The second kappa shape index (κ2) is 6.26. The number of carbonyl (C=O) groups is 1. The lowest BCUT2D eigenvalue weighted by Gasteiger charge is -2.15. The molecular formula is C13H19NO2. The minimum atomic E-state index is -0.167. The minimum Gasteiger partial charge on any atom is -0.462 e. The summed E-state index contributed by atoms with van der Waals surface area (Å²) in [6, 6.07) is 3.66. The summed E-state index contributed by atoms with van der Waals surface area (Å²) in [6.07, 6.45) is 4.59. The molecule has 0 fully saturated rings. The molecule has 0 saturated carbocycles. The maximum atomic E-state index is 11.6. The van der Waals surface area contributed by atoms with Gasteiger partial charge in [-0.3, -0.25) is 9.78 Å². The van der Waals surface area contributed by atoms with Crippen LogP contribution in [0.3, 0.4) is 0 Å². The van der Waals surface area contributed by atoms with Crippen LogP contribution < -0.4 is 0 Å². The van der Waals surface area contributed by atoms with Crippen molar-refractivity contribution in [3.63, 3.8) is 0 Å². The van der Waals surface area contributed by atoms with E-state index >= 15 is 0 Å². The summed E-state index contributed by atoms with van der Waals surface area (Å²) in [4.78, 5) is 15.5. The first kappa shape index (κ1) is 12.7. The van der Waals surface area contributed by atoms with Crippen LogP contribution in [0.1, 0.15) is 32.8 Å². The molecule has 1 heterocycles. The molecule has 0 unspecified atom stereocenters. The first-order valence-corrected chi connectivity index (χ1v) is 5.66. The zero-order valence-corrected chi connectivity index (χ0v) is 10.1. The van der Waals surface area contributed by atoms with E-state index < -0.39 is 0 Å². The van der Waals surface area contributed by atoms with Crippen molar-refractivity contribution in [3.8, 4) is 0 Å². The van der Waals surface area contributed by atoms with Crippen LogP contribution in [0.15, 0.2) is 24.5 Å². The minimum absolute atomic E-state index is 0.00524. The molecule has 3 heteroatoms. The van der Waals surface area contributed by atoms with Crippen LogP contribution in [0.4, 0.5) is 0 Å². The predicted octanol–water partition coefficient (Wildman–Crippen LogP) is 2.60. The van der Waals surface area contributed by atoms with Crippen molar-refractivity contribution >= 4 is 5.97 Å². The third kappa shape index (κ3) is 4.91. The summed E-state index contributed by atoms with van der Waals surface area (Å²) in [5.74, 6) is 0.378. The highest BCUT2D eigenvalue weighted by Gasteiger charge is 2.11. The number of esters is 1. The Kier molecular flexibility index (Phi) is 4.96. The summed E-state index contributed by atoms with van der Waals surface area (Å²) < 4.78 is 5.31. The molecule has 0 aliphatic carbocycles. The first-order chi connectivity index (χ1) is 7.58. The van der Waals surface area contributed by atoms with Crippen molar-refractivity contribution in [1.29, 1.82) is 0 Å². The van der Waals surface area contributed by atoms with Crippen LogP contribution in [0.5, 0.6) is 0 Å². The van der Waals surface area contributed by atoms with Gasteiger partial charge in [0.2, 0.25) is 0 Å². The summed E-state index contributed by atoms with van der Waals surface area (Å²) in [5, 5.41) is 0. The number of carbonyl (C=O) groups excluding carboxylic acids is 1. The fourth-order valence-electron chi connectivity index (χ4n) is 1.65. The average Bonchev–Trinajstić information content (AvgIpc) is 2.17. The van der Waals surface area contributed by atoms with Gasteiger partial charge in [0.25, 0.3) is 0 Å². The van der Waals surface area contributed by atoms with E-state index in [2.05, 4.69) is 18.8 Å². The van der Waals surface area contributed by atoms with Crippen LogP contribution in [0, 0.1) is 5.92 Å². The molecule has 1 atom stereocenters. The second-order valence-electron chi connectivity index (χ2n) is 4.46. The van der Waals surface area contributed by atoms with E-state index in [0.717, 1.165) is 12.0 Å². The molecule has 0 radical (unpaired) electrons. The Morgan fingerprint density at radius 1 is 1.31 bits per heavy atom. The molecule has 0 saturated heterocycles. The average molecular weight is 221 g/mol. The van der Waals surface area contributed by atoms with Crippen molar-refractivity contribution < 1.29 is 9.53 Å². The Bertz CT molecular complexity index is 322. The van der Waals surface area contributed by atoms with Crippen molar-refractivity contribution in [2.24, 2.45) is 5.92 Å². The Balaban J connectivity index is 2.36. The van der Waals surface area contributed by atoms with E-state index in [4.69, 9.17) is 4.74 Å². The molecule has 0 N–H and O–H groups in total. The van der Waals surface area contributed by atoms with E-state index in [9.17, 15) is 4.79 Å². The smallest absolute Gasteiger partial charge is 0.310 e. The standard InChI is InChI=1S/C13H19NO2/c1-10(2)8-11(3)16-13(15)9-12-4-6-14-7-5-12/h4-7,10-11H,8-9H2,1-3H3/t11-/m0/s1. The molecule has 3 nitrogen and oxygen atoms in total. The van der Waals surface area contributed by atoms with Gasteiger partial charge in [-0.15, -0.1) is 0 Å². The Morgan fingerprint density at radius 2 is 1.94 bits per heavy atom. The highest BCUT2D eigenvalue weighted by atomic mass is 16.5. The lowest BCUT2D eigenvalue weighted by molar-refractivity contribution is -0.148. The van der Waals surface area contributed by atoms with Crippen molar-refractivity contribution in [2.75, 3.05) is 0 Å². The maximum absolute atomic E-state index is 11.6. The van der Waals surface area contributed by atoms with Crippen molar-refractivity contribution in [3.05, 3.63) is 30.1 Å². The number of hydrogen-bond donors (Lipinski definition) is 0. The molecule has 1 aromatic rings. The summed E-state index contributed by atoms with van der Waals surface area (Å²) in [5.41, 5.74) is 0.941. The molecule has 1 rings (SSSR count). The van der Waals surface area contributed by atoms with E-state index in [1.54, 1.807) is 12.4 Å². The van der Waals surface area contributed by atoms with Crippen molar-refractivity contribution in [2.45, 2.75) is 39.7 Å². The zero-order valence-electron chi connectivity index (χ0n) is 10.1. The molecule has 0 amide bonds. The van der Waals surface area contributed by atoms with Gasteiger partial charge in [-0.05, 0) is 37.0 Å². The number of aromatic nitrogens is 1. The third-order valence-electron chi connectivity index (χ3n) is 2.23. The molecule has 0 spiro atoms. The second-order valence-corrected chi connectivity index (χ2v) is 4.46. The molecule has 0 aliphatic rings. The van der Waals surface area contributed by atoms with Gasteiger partial charge in [-0.25, -0.2) is 0 Å². The molecule has 88 valence electrons. The fraction of sp³-hybridized carbons (Fsp3) is 0.538. The number of pyridine rings is 1. The summed E-state index contributed by atoms with van der Waals surface area (Å²) in [7, 11) is 0. The van der Waals surface area contributed by atoms with Gasteiger partial charge >= 0.3 is 5.97 Å². The van der Waals surface area contributed by atoms with Crippen LogP contribution in [0.2, 0.25) is 0 Å². The Hall–Kier alpha value is -1.38. The number of rotatable bonds is 5. The van der Waals surface area contributed by atoms with E-state index in [0.29, 0.717) is 12.3 Å². The van der Waals surface area contributed by atoms with Crippen molar-refractivity contribution in [1.82, 2.24) is 4.98 Å². The Labute approximate surface area is 96.8 Å². The molecule has 1 aromatic heterocycles. The monoisotopic (exact) mass is 221 g/mol. The lowest BCUT2D eigenvalue weighted by Crippen LogP contribution is -2.18. The largest absolute Gasteiger partial charge is 0.462 e. The zero-order chi connectivity index (χ0) is 12.0. The van der Waals surface area contributed by atoms with Crippen LogP contribution in [-0.2, 0) is 16.0 Å². The first-order valence-electron chi connectivity index (χ1n) is 5.66. The van der Waals surface area contributed by atoms with Crippen LogP contribution >= 0.6 is 0 Å². The lowest BCUT2D eigenvalue weighted by atomic mass is 10.1. The number of nitrogens with zero attached hydrogens (tertiary/aromatic N) is 1. The van der Waals surface area contributed by atoms with Gasteiger partial charge in [0, 0.05) is 12.4 Å². The molecular weight excluding hydrogens is 202 g/mol. The van der Waals surface area contributed by atoms with E-state index in [-0.39, 0.29) is 12.1 Å². The van der Waals surface area contributed by atoms with Gasteiger partial charge in [0.15, 0.2) is 0 Å². The summed E-state index contributed by atoms with van der Waals surface area (Å²) >= 11 is 0. The van der Waals surface area contributed by atoms with Crippen LogP contribution in [0.25, 0.3) is 0 Å². The van der Waals surface area contributed by atoms with E-state index in [1.807, 2.05) is 19.1 Å². The fourth-order valence-corrected chi connectivity index (χ4v) is 1.65. The molecule has 0 aliphatic heterocycles. The van der Waals surface area contributed by atoms with Gasteiger partial charge in [-0.1, -0.05) is 13.8 Å². The SMILES string of the molecule is CC(C)C[C@H](C)OC(=O)Cc1ccncc1. The van der Waals surface area contributed by atoms with Gasteiger partial charge in [0.1, 0.15) is 0 Å². The van der Waals surface area contributed by atoms with Gasteiger partial charge in [0.05, 0.1) is 12.5 Å². The third-order valence-corrected chi connectivity index (χ3v) is 2.23. The normalized spacial score (nSPS) is 12.5. The molecule has 0 bridgehead atoms. The predicted molar refractivity (Wildman–Crippen MR) is 63.0 cm³/mol. The quantitative estimate of drug-likeness (QED) is 0.717.